The van der Waals surface area contributed by atoms with Crippen molar-refractivity contribution >= 4 is 11.8 Å². The van der Waals surface area contributed by atoms with E-state index in [1.165, 1.54) is 12.1 Å². The van der Waals surface area contributed by atoms with Crippen LogP contribution < -0.4 is 9.47 Å². The van der Waals surface area contributed by atoms with Crippen molar-refractivity contribution in [3.05, 3.63) is 59.7 Å². The van der Waals surface area contributed by atoms with Gasteiger partial charge >= 0.3 is 0 Å². The zero-order valence-electron chi connectivity index (χ0n) is 18.1. The number of aryl methyl sites for hydroxylation is 1. The Hall–Kier alpha value is -2.51. The molecule has 0 amide bonds. The van der Waals surface area contributed by atoms with Crippen LogP contribution in [0.25, 0.3) is 11.5 Å². The number of rotatable bonds is 7. The third-order valence-corrected chi connectivity index (χ3v) is 6.90. The van der Waals surface area contributed by atoms with Crippen molar-refractivity contribution in [3.63, 3.8) is 0 Å². The highest BCUT2D eigenvalue weighted by Gasteiger charge is 2.23. The van der Waals surface area contributed by atoms with Crippen LogP contribution >= 0.6 is 11.8 Å². The number of oxazole rings is 1. The van der Waals surface area contributed by atoms with Crippen molar-refractivity contribution < 1.29 is 18.3 Å². The fourth-order valence-electron chi connectivity index (χ4n) is 3.85. The van der Waals surface area contributed by atoms with E-state index in [1.807, 2.05) is 49.0 Å². The van der Waals surface area contributed by atoms with Gasteiger partial charge in [0.25, 0.3) is 0 Å². The SMILES string of the molecule is COc1cccc(-c2nc(CN3CCC(Sc4ccc(F)cc4)CC3)c(C)o2)c1OC. The fraction of sp³-hybridized carbons (Fsp3) is 0.375. The molecule has 5 nitrogen and oxygen atoms in total. The van der Waals surface area contributed by atoms with E-state index in [4.69, 9.17) is 18.9 Å². The van der Waals surface area contributed by atoms with Crippen LogP contribution in [0, 0.1) is 12.7 Å². The quantitative estimate of drug-likeness (QED) is 0.477. The summed E-state index contributed by atoms with van der Waals surface area (Å²) in [6.07, 6.45) is 2.19. The van der Waals surface area contributed by atoms with Crippen molar-refractivity contribution in [2.45, 2.75) is 36.5 Å². The molecule has 2 heterocycles. The van der Waals surface area contributed by atoms with Crippen LogP contribution in [0.15, 0.2) is 51.8 Å². The van der Waals surface area contributed by atoms with Gasteiger partial charge in [0.1, 0.15) is 11.6 Å². The van der Waals surface area contributed by atoms with E-state index in [2.05, 4.69) is 4.90 Å². The summed E-state index contributed by atoms with van der Waals surface area (Å²) in [5, 5.41) is 0.553. The number of piperidine rings is 1. The number of para-hydroxylation sites is 1. The molecule has 3 aromatic rings. The molecule has 7 heteroatoms. The molecule has 1 aromatic heterocycles. The number of hydrogen-bond donors (Lipinski definition) is 0. The second-order valence-electron chi connectivity index (χ2n) is 7.61. The van der Waals surface area contributed by atoms with Crippen LogP contribution in [0.5, 0.6) is 11.5 Å². The molecule has 0 N–H and O–H groups in total. The van der Waals surface area contributed by atoms with Crippen LogP contribution in [-0.4, -0.2) is 42.4 Å². The van der Waals surface area contributed by atoms with E-state index >= 15 is 0 Å². The average Bonchev–Trinajstić information content (AvgIpc) is 3.16. The molecule has 0 atom stereocenters. The standard InChI is InChI=1S/C24H27FN2O3S/c1-16-21(26-24(30-16)20-5-4-6-22(28-2)23(20)29-3)15-27-13-11-19(12-14-27)31-18-9-7-17(25)8-10-18/h4-10,19H,11-15H2,1-3H3. The molecule has 31 heavy (non-hydrogen) atoms. The largest absolute Gasteiger partial charge is 0.493 e. The van der Waals surface area contributed by atoms with Gasteiger partial charge < -0.3 is 13.9 Å². The highest BCUT2D eigenvalue weighted by atomic mass is 32.2. The summed E-state index contributed by atoms with van der Waals surface area (Å²) < 4.78 is 30.0. The van der Waals surface area contributed by atoms with Gasteiger partial charge in [0.15, 0.2) is 11.5 Å². The Morgan fingerprint density at radius 2 is 1.84 bits per heavy atom. The molecular weight excluding hydrogens is 415 g/mol. The van der Waals surface area contributed by atoms with Crippen LogP contribution in [0.1, 0.15) is 24.3 Å². The Labute approximate surface area is 186 Å². The molecule has 0 unspecified atom stereocenters. The van der Waals surface area contributed by atoms with Gasteiger partial charge in [-0.25, -0.2) is 9.37 Å². The van der Waals surface area contributed by atoms with E-state index in [9.17, 15) is 4.39 Å². The van der Waals surface area contributed by atoms with Crippen molar-refractivity contribution in [1.29, 1.82) is 0 Å². The summed E-state index contributed by atoms with van der Waals surface area (Å²) in [5.74, 6) is 2.45. The normalized spacial score (nSPS) is 15.2. The lowest BCUT2D eigenvalue weighted by atomic mass is 10.1. The summed E-state index contributed by atoms with van der Waals surface area (Å²) in [6, 6.07) is 12.5. The molecule has 164 valence electrons. The number of methoxy groups -OCH3 is 2. The predicted octanol–water partition coefficient (Wildman–Crippen LogP) is 5.56. The van der Waals surface area contributed by atoms with Gasteiger partial charge in [-0.1, -0.05) is 6.07 Å². The van der Waals surface area contributed by atoms with E-state index < -0.39 is 0 Å². The highest BCUT2D eigenvalue weighted by molar-refractivity contribution is 8.00. The lowest BCUT2D eigenvalue weighted by Crippen LogP contribution is -2.34. The van der Waals surface area contributed by atoms with Gasteiger partial charge in [0, 0.05) is 16.7 Å². The summed E-state index contributed by atoms with van der Waals surface area (Å²) >= 11 is 1.84. The Kier molecular flexibility index (Phi) is 6.83. The van der Waals surface area contributed by atoms with Crippen LogP contribution in [-0.2, 0) is 6.54 Å². The number of aromatic nitrogens is 1. The molecule has 1 aliphatic rings. The van der Waals surface area contributed by atoms with Gasteiger partial charge in [-0.05, 0) is 69.3 Å². The maximum atomic E-state index is 13.1. The van der Waals surface area contributed by atoms with Crippen molar-refractivity contribution in [2.75, 3.05) is 27.3 Å². The van der Waals surface area contributed by atoms with Crippen LogP contribution in [0.4, 0.5) is 4.39 Å². The fourth-order valence-corrected chi connectivity index (χ4v) is 4.97. The zero-order chi connectivity index (χ0) is 21.8. The summed E-state index contributed by atoms with van der Waals surface area (Å²) in [7, 11) is 3.23. The van der Waals surface area contributed by atoms with E-state index in [1.54, 1.807) is 14.2 Å². The van der Waals surface area contributed by atoms with Gasteiger partial charge in [-0.2, -0.15) is 0 Å². The molecule has 4 rings (SSSR count). The minimum Gasteiger partial charge on any atom is -0.493 e. The highest BCUT2D eigenvalue weighted by Crippen LogP contribution is 2.38. The maximum absolute atomic E-state index is 13.1. The Balaban J connectivity index is 1.39. The summed E-state index contributed by atoms with van der Waals surface area (Å²) in [6.45, 7) is 4.72. The van der Waals surface area contributed by atoms with Crippen molar-refractivity contribution in [1.82, 2.24) is 9.88 Å². The van der Waals surface area contributed by atoms with Gasteiger partial charge in [0.05, 0.1) is 25.5 Å². The molecule has 0 saturated carbocycles. The van der Waals surface area contributed by atoms with Gasteiger partial charge in [-0.3, -0.25) is 4.90 Å². The lowest BCUT2D eigenvalue weighted by Gasteiger charge is -2.31. The Bertz CT molecular complexity index is 1010. The summed E-state index contributed by atoms with van der Waals surface area (Å²) in [4.78, 5) is 8.31. The third-order valence-electron chi connectivity index (χ3n) is 5.55. The molecule has 0 radical (unpaired) electrons. The molecule has 1 fully saturated rings. The number of hydrogen-bond acceptors (Lipinski definition) is 6. The maximum Gasteiger partial charge on any atom is 0.230 e. The molecular formula is C24H27FN2O3S. The van der Waals surface area contributed by atoms with Gasteiger partial charge in [-0.15, -0.1) is 11.8 Å². The second-order valence-corrected chi connectivity index (χ2v) is 8.98. The minimum atomic E-state index is -0.187. The zero-order valence-corrected chi connectivity index (χ0v) is 18.9. The lowest BCUT2D eigenvalue weighted by molar-refractivity contribution is 0.221. The molecule has 0 bridgehead atoms. The minimum absolute atomic E-state index is 0.187. The van der Waals surface area contributed by atoms with Crippen LogP contribution in [0.2, 0.25) is 0 Å². The Morgan fingerprint density at radius 3 is 2.52 bits per heavy atom. The number of ether oxygens (including phenoxy) is 2. The average molecular weight is 443 g/mol. The van der Waals surface area contributed by atoms with Crippen molar-refractivity contribution in [3.8, 4) is 23.0 Å². The van der Waals surface area contributed by atoms with E-state index in [0.717, 1.165) is 54.4 Å². The predicted molar refractivity (Wildman–Crippen MR) is 120 cm³/mol. The first-order valence-corrected chi connectivity index (χ1v) is 11.3. The number of thioether (sulfide) groups is 1. The first kappa shape index (κ1) is 21.7. The molecule has 0 spiro atoms. The second kappa shape index (κ2) is 9.75. The number of nitrogens with zero attached hydrogens (tertiary/aromatic N) is 2. The van der Waals surface area contributed by atoms with Crippen molar-refractivity contribution in [2.24, 2.45) is 0 Å². The number of halogens is 1. The monoisotopic (exact) mass is 442 g/mol. The first-order chi connectivity index (χ1) is 15.1. The number of benzene rings is 2. The molecule has 2 aromatic carbocycles. The van der Waals surface area contributed by atoms with Crippen LogP contribution in [0.3, 0.4) is 0 Å². The third kappa shape index (κ3) is 5.05. The summed E-state index contributed by atoms with van der Waals surface area (Å²) in [5.41, 5.74) is 1.73. The topological polar surface area (TPSA) is 47.7 Å². The molecule has 1 saturated heterocycles. The Morgan fingerprint density at radius 1 is 1.10 bits per heavy atom. The van der Waals surface area contributed by atoms with E-state index in [-0.39, 0.29) is 5.82 Å². The molecule has 0 aliphatic carbocycles. The number of likely N-dealkylation sites (tertiary alicyclic amines) is 1. The molecule has 1 aliphatic heterocycles. The van der Waals surface area contributed by atoms with E-state index in [0.29, 0.717) is 22.6 Å². The van der Waals surface area contributed by atoms with Gasteiger partial charge in [0.2, 0.25) is 5.89 Å². The smallest absolute Gasteiger partial charge is 0.230 e. The first-order valence-electron chi connectivity index (χ1n) is 10.4.